The largest absolute Gasteiger partial charge is 0.369 e. The first-order chi connectivity index (χ1) is 15.0. The van der Waals surface area contributed by atoms with Gasteiger partial charge in [-0.3, -0.25) is 9.69 Å². The Morgan fingerprint density at radius 2 is 1.65 bits per heavy atom. The average Bonchev–Trinajstić information content (AvgIpc) is 2.76. The summed E-state index contributed by atoms with van der Waals surface area (Å²) in [6.45, 7) is 8.82. The number of anilines is 2. The van der Waals surface area contributed by atoms with E-state index in [-0.39, 0.29) is 5.91 Å². The number of carbonyl (C=O) groups is 1. The lowest BCUT2D eigenvalue weighted by atomic mass is 10.1. The summed E-state index contributed by atoms with van der Waals surface area (Å²) in [5.74, 6) is -0.0709. The molecule has 1 amide bonds. The third-order valence-corrected chi connectivity index (χ3v) is 6.21. The molecule has 160 valence electrons. The third kappa shape index (κ3) is 5.27. The molecule has 1 saturated heterocycles. The molecule has 0 atom stereocenters. The summed E-state index contributed by atoms with van der Waals surface area (Å²) in [5.41, 5.74) is 6.04. The summed E-state index contributed by atoms with van der Waals surface area (Å²) in [4.78, 5) is 17.4. The van der Waals surface area contributed by atoms with Crippen molar-refractivity contribution in [2.75, 3.05) is 36.4 Å². The smallest absolute Gasteiger partial charge is 0.255 e. The van der Waals surface area contributed by atoms with E-state index in [1.54, 1.807) is 0 Å². The summed E-state index contributed by atoms with van der Waals surface area (Å²) in [5, 5.41) is 3.85. The lowest BCUT2D eigenvalue weighted by Gasteiger charge is -2.36. The third-order valence-electron chi connectivity index (χ3n) is 5.84. The van der Waals surface area contributed by atoms with Crippen LogP contribution in [0.3, 0.4) is 0 Å². The van der Waals surface area contributed by atoms with E-state index in [2.05, 4.69) is 33.3 Å². The Labute approximate surface area is 189 Å². The van der Waals surface area contributed by atoms with Crippen molar-refractivity contribution >= 4 is 28.9 Å². The highest BCUT2D eigenvalue weighted by atomic mass is 35.5. The van der Waals surface area contributed by atoms with Crippen LogP contribution in [0.1, 0.15) is 27.0 Å². The van der Waals surface area contributed by atoms with Crippen LogP contribution in [-0.2, 0) is 6.54 Å². The van der Waals surface area contributed by atoms with E-state index in [1.165, 1.54) is 11.3 Å². The van der Waals surface area contributed by atoms with Crippen LogP contribution in [0.5, 0.6) is 0 Å². The number of rotatable bonds is 5. The summed E-state index contributed by atoms with van der Waals surface area (Å²) >= 11 is 6.31. The lowest BCUT2D eigenvalue weighted by molar-refractivity contribution is 0.102. The van der Waals surface area contributed by atoms with Crippen LogP contribution in [0.2, 0.25) is 5.02 Å². The molecule has 1 aliphatic rings. The molecule has 0 radical (unpaired) electrons. The maximum atomic E-state index is 12.6. The van der Waals surface area contributed by atoms with Gasteiger partial charge in [-0.25, -0.2) is 0 Å². The Kier molecular flexibility index (Phi) is 6.59. The van der Waals surface area contributed by atoms with Crippen LogP contribution in [0.4, 0.5) is 11.4 Å². The maximum absolute atomic E-state index is 12.6. The quantitative estimate of drug-likeness (QED) is 0.574. The van der Waals surface area contributed by atoms with Crippen LogP contribution >= 0.6 is 11.6 Å². The molecular formula is C26H28ClN3O. The number of hydrogen-bond donors (Lipinski definition) is 1. The fraction of sp³-hybridized carbons (Fsp3) is 0.269. The first kappa shape index (κ1) is 21.4. The zero-order valence-electron chi connectivity index (χ0n) is 18.1. The van der Waals surface area contributed by atoms with Crippen molar-refractivity contribution in [1.29, 1.82) is 0 Å². The number of carbonyl (C=O) groups excluding carboxylic acids is 1. The van der Waals surface area contributed by atoms with Crippen molar-refractivity contribution < 1.29 is 4.79 Å². The normalized spacial score (nSPS) is 14.5. The molecule has 3 aromatic carbocycles. The summed E-state index contributed by atoms with van der Waals surface area (Å²) < 4.78 is 0. The molecule has 1 N–H and O–H groups in total. The minimum absolute atomic E-state index is 0.0709. The monoisotopic (exact) mass is 433 g/mol. The first-order valence-electron chi connectivity index (χ1n) is 10.7. The fourth-order valence-electron chi connectivity index (χ4n) is 4.05. The predicted molar refractivity (Wildman–Crippen MR) is 129 cm³/mol. The number of aryl methyl sites for hydroxylation is 2. The number of benzene rings is 3. The molecule has 0 saturated carbocycles. The molecule has 0 aliphatic carbocycles. The number of hydrogen-bond acceptors (Lipinski definition) is 3. The van der Waals surface area contributed by atoms with Crippen molar-refractivity contribution in [2.45, 2.75) is 20.4 Å². The molecule has 31 heavy (non-hydrogen) atoms. The average molecular weight is 434 g/mol. The first-order valence-corrected chi connectivity index (χ1v) is 11.1. The van der Waals surface area contributed by atoms with Crippen LogP contribution in [-0.4, -0.2) is 37.0 Å². The van der Waals surface area contributed by atoms with Crippen molar-refractivity contribution in [1.82, 2.24) is 4.90 Å². The topological polar surface area (TPSA) is 35.6 Å². The van der Waals surface area contributed by atoms with Crippen LogP contribution in [0.25, 0.3) is 0 Å². The molecule has 4 rings (SSSR count). The number of nitrogens with zero attached hydrogens (tertiary/aromatic N) is 2. The van der Waals surface area contributed by atoms with Gasteiger partial charge in [0.05, 0.1) is 0 Å². The van der Waals surface area contributed by atoms with E-state index in [0.717, 1.165) is 54.6 Å². The van der Waals surface area contributed by atoms with E-state index in [0.29, 0.717) is 5.56 Å². The molecule has 0 unspecified atom stereocenters. The van der Waals surface area contributed by atoms with Crippen molar-refractivity contribution in [2.24, 2.45) is 0 Å². The Bertz CT molecular complexity index is 1060. The lowest BCUT2D eigenvalue weighted by Crippen LogP contribution is -2.46. The Morgan fingerprint density at radius 3 is 2.32 bits per heavy atom. The predicted octanol–water partition coefficient (Wildman–Crippen LogP) is 5.53. The van der Waals surface area contributed by atoms with E-state index >= 15 is 0 Å². The maximum Gasteiger partial charge on any atom is 0.255 e. The highest BCUT2D eigenvalue weighted by Gasteiger charge is 2.18. The van der Waals surface area contributed by atoms with Gasteiger partial charge in [0.15, 0.2) is 0 Å². The Hall–Kier alpha value is -2.82. The molecular weight excluding hydrogens is 406 g/mol. The van der Waals surface area contributed by atoms with Crippen molar-refractivity contribution in [3.8, 4) is 0 Å². The molecule has 1 fully saturated rings. The van der Waals surface area contributed by atoms with Gasteiger partial charge in [0.2, 0.25) is 0 Å². The molecule has 5 heteroatoms. The van der Waals surface area contributed by atoms with Crippen molar-refractivity contribution in [3.05, 3.63) is 94.0 Å². The van der Waals surface area contributed by atoms with Gasteiger partial charge in [0, 0.05) is 54.7 Å². The molecule has 1 heterocycles. The molecule has 0 aromatic heterocycles. The Morgan fingerprint density at radius 1 is 0.935 bits per heavy atom. The summed E-state index contributed by atoms with van der Waals surface area (Å²) in [6.07, 6.45) is 0. The minimum Gasteiger partial charge on any atom is -0.369 e. The van der Waals surface area contributed by atoms with Crippen LogP contribution in [0, 0.1) is 13.8 Å². The van der Waals surface area contributed by atoms with Crippen LogP contribution in [0.15, 0.2) is 66.7 Å². The SMILES string of the molecule is Cc1ccc(C(=O)Nc2ccc(N3CCN(Cc4ccccc4Cl)CC3)cc2)c(C)c1. The molecule has 4 nitrogen and oxygen atoms in total. The number of amides is 1. The second-order valence-corrected chi connectivity index (χ2v) is 8.58. The zero-order valence-corrected chi connectivity index (χ0v) is 18.8. The summed E-state index contributed by atoms with van der Waals surface area (Å²) in [6, 6.07) is 22.1. The van der Waals surface area contributed by atoms with Gasteiger partial charge >= 0.3 is 0 Å². The number of halogens is 1. The van der Waals surface area contributed by atoms with E-state index < -0.39 is 0 Å². The van der Waals surface area contributed by atoms with Gasteiger partial charge in [0.25, 0.3) is 5.91 Å². The van der Waals surface area contributed by atoms with E-state index in [9.17, 15) is 4.79 Å². The molecule has 3 aromatic rings. The summed E-state index contributed by atoms with van der Waals surface area (Å²) in [7, 11) is 0. The standard InChI is InChI=1S/C26H28ClN3O/c1-19-7-12-24(20(2)17-19)26(31)28-22-8-10-23(11-9-22)30-15-13-29(14-16-30)18-21-5-3-4-6-25(21)27/h3-12,17H,13-16,18H2,1-2H3,(H,28,31). The number of nitrogens with one attached hydrogen (secondary N) is 1. The van der Waals surface area contributed by atoms with E-state index in [4.69, 9.17) is 11.6 Å². The zero-order chi connectivity index (χ0) is 21.8. The fourth-order valence-corrected chi connectivity index (χ4v) is 4.25. The van der Waals surface area contributed by atoms with Gasteiger partial charge < -0.3 is 10.2 Å². The van der Waals surface area contributed by atoms with Crippen molar-refractivity contribution in [3.63, 3.8) is 0 Å². The minimum atomic E-state index is -0.0709. The van der Waals surface area contributed by atoms with Gasteiger partial charge in [-0.15, -0.1) is 0 Å². The molecule has 0 bridgehead atoms. The van der Waals surface area contributed by atoms with Crippen LogP contribution < -0.4 is 10.2 Å². The molecule has 0 spiro atoms. The second kappa shape index (κ2) is 9.54. The number of piperazine rings is 1. The van der Waals surface area contributed by atoms with E-state index in [1.807, 2.05) is 62.4 Å². The molecule has 1 aliphatic heterocycles. The highest BCUT2D eigenvalue weighted by molar-refractivity contribution is 6.31. The van der Waals surface area contributed by atoms with Gasteiger partial charge in [0.1, 0.15) is 0 Å². The van der Waals surface area contributed by atoms with Gasteiger partial charge in [-0.1, -0.05) is 47.5 Å². The second-order valence-electron chi connectivity index (χ2n) is 8.17. The Balaban J connectivity index is 1.32. The van der Waals surface area contributed by atoms with Gasteiger partial charge in [-0.05, 0) is 61.4 Å². The highest BCUT2D eigenvalue weighted by Crippen LogP contribution is 2.22. The van der Waals surface area contributed by atoms with Gasteiger partial charge in [-0.2, -0.15) is 0 Å².